The van der Waals surface area contributed by atoms with Crippen LogP contribution in [0, 0.1) is 17.5 Å². The molecule has 2 fully saturated rings. The van der Waals surface area contributed by atoms with Crippen LogP contribution in [0.1, 0.15) is 41.6 Å². The average Bonchev–Trinajstić information content (AvgIpc) is 2.89. The third-order valence-corrected chi connectivity index (χ3v) is 5.55. The second-order valence-electron chi connectivity index (χ2n) is 7.17. The summed E-state index contributed by atoms with van der Waals surface area (Å²) in [7, 11) is 0. The Balaban J connectivity index is 1.59. The average molecular weight is 361 g/mol. The molecule has 1 amide bonds. The molecule has 0 aliphatic carbocycles. The van der Waals surface area contributed by atoms with E-state index in [0.29, 0.717) is 18.4 Å². The highest BCUT2D eigenvalue weighted by Crippen LogP contribution is 2.46. The number of halogens is 3. The van der Waals surface area contributed by atoms with Crippen LogP contribution < -0.4 is 0 Å². The minimum atomic E-state index is -1.12. The summed E-state index contributed by atoms with van der Waals surface area (Å²) >= 11 is 0. The van der Waals surface area contributed by atoms with E-state index in [2.05, 4.69) is 0 Å². The van der Waals surface area contributed by atoms with Crippen molar-refractivity contribution in [1.82, 2.24) is 4.90 Å². The van der Waals surface area contributed by atoms with E-state index < -0.39 is 17.2 Å². The number of piperidine rings is 1. The SMILES string of the molecule is O=C(c1ccc(F)c(F)c1)N1[C@@H]2CC[C@H]1CC(O)(c1ccc(F)cc1)C2. The van der Waals surface area contributed by atoms with Gasteiger partial charge in [0.1, 0.15) is 5.82 Å². The molecule has 26 heavy (non-hydrogen) atoms. The number of benzene rings is 2. The Morgan fingerprint density at radius 2 is 1.58 bits per heavy atom. The zero-order valence-electron chi connectivity index (χ0n) is 14.0. The third kappa shape index (κ3) is 2.78. The zero-order valence-corrected chi connectivity index (χ0v) is 14.0. The van der Waals surface area contributed by atoms with Gasteiger partial charge in [0, 0.05) is 30.5 Å². The first-order valence-corrected chi connectivity index (χ1v) is 8.63. The summed E-state index contributed by atoms with van der Waals surface area (Å²) < 4.78 is 39.8. The van der Waals surface area contributed by atoms with Crippen LogP contribution in [0.25, 0.3) is 0 Å². The van der Waals surface area contributed by atoms with Gasteiger partial charge in [-0.05, 0) is 48.7 Å². The first kappa shape index (κ1) is 17.1. The fraction of sp³-hybridized carbons (Fsp3) is 0.350. The largest absolute Gasteiger partial charge is 0.385 e. The van der Waals surface area contributed by atoms with E-state index in [1.807, 2.05) is 0 Å². The van der Waals surface area contributed by atoms with Crippen LogP contribution in [0.4, 0.5) is 13.2 Å². The number of carbonyl (C=O) groups is 1. The standard InChI is InChI=1S/C20H18F3NO2/c21-14-4-2-13(3-5-14)20(26)10-15-6-7-16(11-20)24(15)19(25)12-1-8-17(22)18(23)9-12/h1-5,8-9,15-16,26H,6-7,10-11H2/t15-,16+,20?. The lowest BCUT2D eigenvalue weighted by molar-refractivity contribution is -0.0479. The van der Waals surface area contributed by atoms with Crippen molar-refractivity contribution < 1.29 is 23.1 Å². The summed E-state index contributed by atoms with van der Waals surface area (Å²) in [5.41, 5.74) is -0.381. The number of fused-ring (bicyclic) bond motifs is 2. The van der Waals surface area contributed by atoms with Crippen molar-refractivity contribution in [2.45, 2.75) is 43.4 Å². The van der Waals surface area contributed by atoms with E-state index >= 15 is 0 Å². The number of hydrogen-bond donors (Lipinski definition) is 1. The molecule has 6 heteroatoms. The van der Waals surface area contributed by atoms with Gasteiger partial charge in [-0.3, -0.25) is 4.79 Å². The van der Waals surface area contributed by atoms with Crippen molar-refractivity contribution in [2.24, 2.45) is 0 Å². The summed E-state index contributed by atoms with van der Waals surface area (Å²) in [4.78, 5) is 14.5. The summed E-state index contributed by atoms with van der Waals surface area (Å²) in [6, 6.07) is 8.53. The van der Waals surface area contributed by atoms with Crippen LogP contribution >= 0.6 is 0 Å². The van der Waals surface area contributed by atoms with Gasteiger partial charge in [0.15, 0.2) is 11.6 Å². The minimum Gasteiger partial charge on any atom is -0.385 e. The number of rotatable bonds is 2. The molecule has 4 rings (SSSR count). The summed E-state index contributed by atoms with van der Waals surface area (Å²) in [5, 5.41) is 11.1. The van der Waals surface area contributed by atoms with Gasteiger partial charge < -0.3 is 10.0 Å². The Kier molecular flexibility index (Phi) is 4.03. The quantitative estimate of drug-likeness (QED) is 0.885. The molecule has 0 spiro atoms. The molecule has 2 aliphatic heterocycles. The summed E-state index contributed by atoms with van der Waals surface area (Å²) in [6.45, 7) is 0. The van der Waals surface area contributed by atoms with Crippen molar-refractivity contribution in [3.63, 3.8) is 0 Å². The van der Waals surface area contributed by atoms with Crippen molar-refractivity contribution in [3.05, 3.63) is 71.0 Å². The predicted octanol–water partition coefficient (Wildman–Crippen LogP) is 3.76. The van der Waals surface area contributed by atoms with Crippen molar-refractivity contribution in [2.75, 3.05) is 0 Å². The first-order valence-electron chi connectivity index (χ1n) is 8.63. The van der Waals surface area contributed by atoms with Gasteiger partial charge in [0.05, 0.1) is 5.60 Å². The van der Waals surface area contributed by atoms with Crippen molar-refractivity contribution in [1.29, 1.82) is 0 Å². The van der Waals surface area contributed by atoms with E-state index in [1.165, 1.54) is 18.2 Å². The van der Waals surface area contributed by atoms with Crippen LogP contribution in [0.2, 0.25) is 0 Å². The molecule has 3 nitrogen and oxygen atoms in total. The van der Waals surface area contributed by atoms with Crippen LogP contribution in [0.3, 0.4) is 0 Å². The first-order chi connectivity index (χ1) is 12.4. The molecule has 2 heterocycles. The second kappa shape index (κ2) is 6.13. The van der Waals surface area contributed by atoms with Gasteiger partial charge in [-0.1, -0.05) is 12.1 Å². The number of nitrogens with zero attached hydrogens (tertiary/aromatic N) is 1. The number of carbonyl (C=O) groups excluding carboxylic acids is 1. The molecular weight excluding hydrogens is 343 g/mol. The molecule has 0 aromatic heterocycles. The van der Waals surface area contributed by atoms with Crippen molar-refractivity contribution >= 4 is 5.91 Å². The monoisotopic (exact) mass is 361 g/mol. The molecule has 1 N–H and O–H groups in total. The lowest BCUT2D eigenvalue weighted by Crippen LogP contribution is -2.52. The van der Waals surface area contributed by atoms with E-state index in [1.54, 1.807) is 17.0 Å². The zero-order chi connectivity index (χ0) is 18.5. The molecule has 2 bridgehead atoms. The summed E-state index contributed by atoms with van der Waals surface area (Å²) in [5.74, 6) is -2.76. The smallest absolute Gasteiger partial charge is 0.254 e. The third-order valence-electron chi connectivity index (χ3n) is 5.55. The minimum absolute atomic E-state index is 0.105. The van der Waals surface area contributed by atoms with Crippen LogP contribution in [-0.4, -0.2) is 28.0 Å². The molecule has 2 aromatic carbocycles. The summed E-state index contributed by atoms with van der Waals surface area (Å²) in [6.07, 6.45) is 2.16. The highest BCUT2D eigenvalue weighted by molar-refractivity contribution is 5.95. The van der Waals surface area contributed by atoms with Crippen LogP contribution in [-0.2, 0) is 5.60 Å². The van der Waals surface area contributed by atoms with E-state index in [4.69, 9.17) is 0 Å². The number of amides is 1. The maximum absolute atomic E-state index is 13.5. The van der Waals surface area contributed by atoms with Gasteiger partial charge in [-0.15, -0.1) is 0 Å². The highest BCUT2D eigenvalue weighted by Gasteiger charge is 2.50. The maximum Gasteiger partial charge on any atom is 0.254 e. The Hall–Kier alpha value is -2.34. The van der Waals surface area contributed by atoms with E-state index in [0.717, 1.165) is 25.0 Å². The lowest BCUT2D eigenvalue weighted by atomic mass is 9.80. The van der Waals surface area contributed by atoms with Gasteiger partial charge in [0.25, 0.3) is 5.91 Å². The highest BCUT2D eigenvalue weighted by atomic mass is 19.2. The molecule has 1 unspecified atom stereocenters. The second-order valence-corrected chi connectivity index (χ2v) is 7.17. The molecule has 0 radical (unpaired) electrons. The lowest BCUT2D eigenvalue weighted by Gasteiger charge is -2.44. The molecule has 0 saturated carbocycles. The Labute approximate surface area is 149 Å². The van der Waals surface area contributed by atoms with Crippen LogP contribution in [0.15, 0.2) is 42.5 Å². The van der Waals surface area contributed by atoms with Gasteiger partial charge in [0.2, 0.25) is 0 Å². The fourth-order valence-electron chi connectivity index (χ4n) is 4.33. The fourth-order valence-corrected chi connectivity index (χ4v) is 4.33. The Morgan fingerprint density at radius 1 is 0.962 bits per heavy atom. The predicted molar refractivity (Wildman–Crippen MR) is 88.9 cm³/mol. The van der Waals surface area contributed by atoms with E-state index in [-0.39, 0.29) is 29.4 Å². The molecule has 136 valence electrons. The topological polar surface area (TPSA) is 40.5 Å². The molecular formula is C20H18F3NO2. The van der Waals surface area contributed by atoms with Gasteiger partial charge >= 0.3 is 0 Å². The normalized spacial score (nSPS) is 27.6. The van der Waals surface area contributed by atoms with Gasteiger partial charge in [-0.2, -0.15) is 0 Å². The number of hydrogen-bond acceptors (Lipinski definition) is 2. The maximum atomic E-state index is 13.5. The van der Waals surface area contributed by atoms with Crippen molar-refractivity contribution in [3.8, 4) is 0 Å². The van der Waals surface area contributed by atoms with Gasteiger partial charge in [-0.25, -0.2) is 13.2 Å². The molecule has 2 aromatic rings. The molecule has 2 aliphatic rings. The molecule has 3 atom stereocenters. The molecule has 2 saturated heterocycles. The van der Waals surface area contributed by atoms with E-state index in [9.17, 15) is 23.1 Å². The Bertz CT molecular complexity index is 839. The Morgan fingerprint density at radius 3 is 2.15 bits per heavy atom. The number of aliphatic hydroxyl groups is 1. The van der Waals surface area contributed by atoms with Crippen LogP contribution in [0.5, 0.6) is 0 Å².